The Hall–Kier alpha value is -3.15. The number of amides is 1. The lowest BCUT2D eigenvalue weighted by atomic mass is 10.2. The minimum Gasteiger partial charge on any atom is -0.441 e. The Kier molecular flexibility index (Phi) is 4.79. The van der Waals surface area contributed by atoms with Gasteiger partial charge in [-0.3, -0.25) is 9.59 Å². The van der Waals surface area contributed by atoms with Crippen molar-refractivity contribution in [1.82, 2.24) is 9.55 Å². The van der Waals surface area contributed by atoms with E-state index in [1.54, 1.807) is 24.4 Å². The molecule has 0 saturated heterocycles. The van der Waals surface area contributed by atoms with E-state index in [0.717, 1.165) is 17.0 Å². The van der Waals surface area contributed by atoms with Crippen LogP contribution in [0.15, 0.2) is 57.9 Å². The van der Waals surface area contributed by atoms with Crippen LogP contribution in [0.2, 0.25) is 0 Å². The van der Waals surface area contributed by atoms with Gasteiger partial charge in [-0.2, -0.15) is 0 Å². The number of anilines is 1. The van der Waals surface area contributed by atoms with Crippen molar-refractivity contribution in [2.75, 3.05) is 5.32 Å². The highest BCUT2D eigenvalue weighted by molar-refractivity contribution is 5.91. The average Bonchev–Trinajstić information content (AvgIpc) is 2.93. The van der Waals surface area contributed by atoms with Gasteiger partial charge >= 0.3 is 0 Å². The average molecular weight is 337 g/mol. The van der Waals surface area contributed by atoms with Gasteiger partial charge < -0.3 is 14.3 Å². The number of nitrogens with zero attached hydrogens (tertiary/aromatic N) is 2. The largest absolute Gasteiger partial charge is 0.441 e. The zero-order valence-corrected chi connectivity index (χ0v) is 14.2. The Balaban J connectivity index is 1.66. The predicted molar refractivity (Wildman–Crippen MR) is 95.4 cm³/mol. The van der Waals surface area contributed by atoms with Gasteiger partial charge in [0.15, 0.2) is 0 Å². The molecule has 0 atom stereocenters. The van der Waals surface area contributed by atoms with Crippen LogP contribution in [0, 0.1) is 13.8 Å². The molecule has 3 rings (SSSR count). The lowest BCUT2D eigenvalue weighted by Crippen LogP contribution is -2.21. The summed E-state index contributed by atoms with van der Waals surface area (Å²) in [6.07, 6.45) is 1.88. The number of rotatable bonds is 5. The number of nitrogens with one attached hydrogen (secondary N) is 1. The second-order valence-corrected chi connectivity index (χ2v) is 5.77. The molecule has 0 aliphatic carbocycles. The lowest BCUT2D eigenvalue weighted by Gasteiger charge is -2.07. The molecule has 1 amide bonds. The van der Waals surface area contributed by atoms with Gasteiger partial charge in [0, 0.05) is 36.5 Å². The monoisotopic (exact) mass is 337 g/mol. The molecule has 3 aromatic rings. The van der Waals surface area contributed by atoms with Crippen LogP contribution in [-0.4, -0.2) is 15.5 Å². The van der Waals surface area contributed by atoms with E-state index < -0.39 is 0 Å². The molecule has 25 heavy (non-hydrogen) atoms. The fourth-order valence-corrected chi connectivity index (χ4v) is 2.42. The number of oxazole rings is 1. The highest BCUT2D eigenvalue weighted by Crippen LogP contribution is 2.24. The van der Waals surface area contributed by atoms with E-state index >= 15 is 0 Å². The molecule has 6 nitrogen and oxygen atoms in total. The summed E-state index contributed by atoms with van der Waals surface area (Å²) in [5, 5.41) is 2.84. The number of carbonyl (C=O) groups excluding carboxylic acids is 1. The van der Waals surface area contributed by atoms with Crippen LogP contribution < -0.4 is 10.9 Å². The first-order valence-electron chi connectivity index (χ1n) is 8.03. The summed E-state index contributed by atoms with van der Waals surface area (Å²) in [5.41, 5.74) is 2.19. The Morgan fingerprint density at radius 1 is 1.20 bits per heavy atom. The van der Waals surface area contributed by atoms with Crippen LogP contribution >= 0.6 is 0 Å². The van der Waals surface area contributed by atoms with Crippen LogP contribution in [0.4, 0.5) is 5.69 Å². The molecular formula is C19H19N3O3. The molecule has 0 bridgehead atoms. The number of carbonyl (C=O) groups is 1. The van der Waals surface area contributed by atoms with Gasteiger partial charge in [0.2, 0.25) is 11.8 Å². The first-order chi connectivity index (χ1) is 12.0. The van der Waals surface area contributed by atoms with Crippen molar-refractivity contribution in [2.45, 2.75) is 26.8 Å². The Morgan fingerprint density at radius 2 is 2.04 bits per heavy atom. The minimum absolute atomic E-state index is 0.119. The smallest absolute Gasteiger partial charge is 0.250 e. The van der Waals surface area contributed by atoms with E-state index in [-0.39, 0.29) is 17.9 Å². The summed E-state index contributed by atoms with van der Waals surface area (Å²) in [5.74, 6) is 1.15. The zero-order valence-electron chi connectivity index (χ0n) is 14.2. The van der Waals surface area contributed by atoms with Crippen LogP contribution in [0.25, 0.3) is 11.5 Å². The molecule has 0 fully saturated rings. The Labute approximate surface area is 145 Å². The molecule has 0 radical (unpaired) electrons. The van der Waals surface area contributed by atoms with E-state index in [4.69, 9.17) is 4.42 Å². The van der Waals surface area contributed by atoms with Crippen molar-refractivity contribution in [2.24, 2.45) is 0 Å². The van der Waals surface area contributed by atoms with Gasteiger partial charge in [0.1, 0.15) is 5.76 Å². The zero-order chi connectivity index (χ0) is 17.8. The van der Waals surface area contributed by atoms with Crippen molar-refractivity contribution in [3.05, 3.63) is 70.5 Å². The fourth-order valence-electron chi connectivity index (χ4n) is 2.42. The standard InChI is InChI=1S/C19H19N3O3/c1-13-14(2)25-19(20-13)15-6-5-7-16(12-15)21-17(23)9-11-22-10-4-3-8-18(22)24/h3-8,10,12H,9,11H2,1-2H3,(H,21,23). The highest BCUT2D eigenvalue weighted by Gasteiger charge is 2.10. The first-order valence-corrected chi connectivity index (χ1v) is 8.03. The minimum atomic E-state index is -0.160. The number of hydrogen-bond acceptors (Lipinski definition) is 4. The van der Waals surface area contributed by atoms with Crippen molar-refractivity contribution in [1.29, 1.82) is 0 Å². The molecule has 0 unspecified atom stereocenters. The van der Waals surface area contributed by atoms with E-state index in [1.165, 1.54) is 10.6 Å². The lowest BCUT2D eigenvalue weighted by molar-refractivity contribution is -0.116. The summed E-state index contributed by atoms with van der Waals surface area (Å²) in [7, 11) is 0. The second-order valence-electron chi connectivity index (χ2n) is 5.77. The van der Waals surface area contributed by atoms with Gasteiger partial charge in [0.25, 0.3) is 5.56 Å². The van der Waals surface area contributed by atoms with Crippen LogP contribution in [0.1, 0.15) is 17.9 Å². The van der Waals surface area contributed by atoms with Crippen molar-refractivity contribution in [3.8, 4) is 11.5 Å². The van der Waals surface area contributed by atoms with Crippen molar-refractivity contribution >= 4 is 11.6 Å². The molecule has 0 saturated carbocycles. The summed E-state index contributed by atoms with van der Waals surface area (Å²) in [4.78, 5) is 28.1. The summed E-state index contributed by atoms with van der Waals surface area (Å²) in [6.45, 7) is 4.09. The summed E-state index contributed by atoms with van der Waals surface area (Å²) >= 11 is 0. The van der Waals surface area contributed by atoms with Gasteiger partial charge in [-0.05, 0) is 38.1 Å². The highest BCUT2D eigenvalue weighted by atomic mass is 16.4. The van der Waals surface area contributed by atoms with Gasteiger partial charge in [-0.15, -0.1) is 0 Å². The van der Waals surface area contributed by atoms with E-state index in [1.807, 2.05) is 32.0 Å². The third-order valence-electron chi connectivity index (χ3n) is 3.90. The molecule has 0 aliphatic heterocycles. The number of aromatic nitrogens is 2. The molecule has 0 aliphatic rings. The normalized spacial score (nSPS) is 10.6. The maximum absolute atomic E-state index is 12.1. The van der Waals surface area contributed by atoms with Gasteiger partial charge in [0.05, 0.1) is 5.69 Å². The second kappa shape index (κ2) is 7.17. The fraction of sp³-hybridized carbons (Fsp3) is 0.211. The number of benzene rings is 1. The quantitative estimate of drug-likeness (QED) is 0.776. The van der Waals surface area contributed by atoms with Crippen molar-refractivity contribution < 1.29 is 9.21 Å². The SMILES string of the molecule is Cc1nc(-c2cccc(NC(=O)CCn3ccccc3=O)c2)oc1C. The third-order valence-corrected chi connectivity index (χ3v) is 3.90. The molecule has 6 heteroatoms. The van der Waals surface area contributed by atoms with Crippen LogP contribution in [0.5, 0.6) is 0 Å². The molecule has 2 heterocycles. The molecule has 1 N–H and O–H groups in total. The maximum atomic E-state index is 12.1. The predicted octanol–water partition coefficient (Wildman–Crippen LogP) is 3.15. The molecular weight excluding hydrogens is 318 g/mol. The van der Waals surface area contributed by atoms with Gasteiger partial charge in [-0.25, -0.2) is 4.98 Å². The summed E-state index contributed by atoms with van der Waals surface area (Å²) in [6, 6.07) is 12.3. The number of hydrogen-bond donors (Lipinski definition) is 1. The molecule has 128 valence electrons. The molecule has 2 aromatic heterocycles. The number of pyridine rings is 1. The van der Waals surface area contributed by atoms with E-state index in [0.29, 0.717) is 18.1 Å². The topological polar surface area (TPSA) is 77.1 Å². The van der Waals surface area contributed by atoms with Crippen LogP contribution in [-0.2, 0) is 11.3 Å². The Morgan fingerprint density at radius 3 is 2.76 bits per heavy atom. The Bertz CT molecular complexity index is 937. The molecule has 0 spiro atoms. The van der Waals surface area contributed by atoms with E-state index in [9.17, 15) is 9.59 Å². The number of aryl methyl sites for hydroxylation is 3. The van der Waals surface area contributed by atoms with Crippen LogP contribution in [0.3, 0.4) is 0 Å². The van der Waals surface area contributed by atoms with Gasteiger partial charge in [-0.1, -0.05) is 12.1 Å². The molecule has 1 aromatic carbocycles. The van der Waals surface area contributed by atoms with Crippen molar-refractivity contribution in [3.63, 3.8) is 0 Å². The summed E-state index contributed by atoms with van der Waals surface area (Å²) < 4.78 is 7.13. The first kappa shape index (κ1) is 16.7. The third kappa shape index (κ3) is 4.03. The van der Waals surface area contributed by atoms with E-state index in [2.05, 4.69) is 10.3 Å². The maximum Gasteiger partial charge on any atom is 0.250 e.